The number of hydrogen-bond donors (Lipinski definition) is 0. The van der Waals surface area contributed by atoms with E-state index in [-0.39, 0.29) is 0 Å². The van der Waals surface area contributed by atoms with Crippen molar-refractivity contribution in [3.63, 3.8) is 0 Å². The van der Waals surface area contributed by atoms with Crippen LogP contribution in [0.5, 0.6) is 0 Å². The lowest BCUT2D eigenvalue weighted by Crippen LogP contribution is -2.26. The molecule has 0 bridgehead atoms. The van der Waals surface area contributed by atoms with E-state index in [4.69, 9.17) is 0 Å². The zero-order chi connectivity index (χ0) is 43.3. The summed E-state index contributed by atoms with van der Waals surface area (Å²) in [5, 5.41) is 10.1. The van der Waals surface area contributed by atoms with E-state index in [9.17, 15) is 0 Å². The van der Waals surface area contributed by atoms with Crippen LogP contribution in [0.15, 0.2) is 249 Å². The minimum Gasteiger partial charge on any atom is -0.310 e. The van der Waals surface area contributed by atoms with E-state index < -0.39 is 5.41 Å². The van der Waals surface area contributed by atoms with Gasteiger partial charge < -0.3 is 4.90 Å². The van der Waals surface area contributed by atoms with E-state index in [1.54, 1.807) is 0 Å². The van der Waals surface area contributed by atoms with Crippen molar-refractivity contribution in [1.29, 1.82) is 0 Å². The number of nitrogens with zero attached hydrogens (tertiary/aromatic N) is 1. The van der Waals surface area contributed by atoms with E-state index in [0.717, 1.165) is 17.1 Å². The second-order valence-corrected chi connectivity index (χ2v) is 17.9. The molecule has 0 aromatic heterocycles. The molecule has 0 fully saturated rings. The molecule has 12 aromatic rings. The highest BCUT2D eigenvalue weighted by molar-refractivity contribution is 6.26. The summed E-state index contributed by atoms with van der Waals surface area (Å²) in [5.74, 6) is 0. The zero-order valence-corrected chi connectivity index (χ0v) is 36.1. The standard InChI is InChI=1S/C65H41N/c1-2-17-44(18-3-1)57-40-59-56-26-12-15-29-62(56)65(60-27-13-10-24-54(60)55-25-11-14-28-61(55)65)63(59)41-64(57)66(47-34-32-43(33-35-47)46-31-30-42-16-4-5-19-45(42)38-46)48-36-37-53-51-22-7-6-20-49(51)50-21-8-9-23-52(50)58(53)39-48/h1-41H. The highest BCUT2D eigenvalue weighted by Gasteiger charge is 2.52. The van der Waals surface area contributed by atoms with Crippen LogP contribution in [0.3, 0.4) is 0 Å². The largest absolute Gasteiger partial charge is 0.310 e. The molecule has 0 N–H and O–H groups in total. The van der Waals surface area contributed by atoms with Gasteiger partial charge in [0.25, 0.3) is 0 Å². The average molecular weight is 836 g/mol. The Labute approximate surface area is 384 Å². The normalized spacial score (nSPS) is 13.0. The minimum absolute atomic E-state index is 0.493. The van der Waals surface area contributed by atoms with Crippen LogP contribution in [0.4, 0.5) is 17.1 Å². The summed E-state index contributed by atoms with van der Waals surface area (Å²) >= 11 is 0. The first-order valence-corrected chi connectivity index (χ1v) is 23.0. The monoisotopic (exact) mass is 835 g/mol. The van der Waals surface area contributed by atoms with Gasteiger partial charge in [0.15, 0.2) is 0 Å². The predicted octanol–water partition coefficient (Wildman–Crippen LogP) is 17.4. The highest BCUT2D eigenvalue weighted by atomic mass is 15.1. The lowest BCUT2D eigenvalue weighted by atomic mass is 9.70. The molecule has 66 heavy (non-hydrogen) atoms. The lowest BCUT2D eigenvalue weighted by Gasteiger charge is -2.33. The summed E-state index contributed by atoms with van der Waals surface area (Å²) in [6, 6.07) is 92.9. The molecule has 0 radical (unpaired) electrons. The van der Waals surface area contributed by atoms with Gasteiger partial charge in [-0.3, -0.25) is 0 Å². The smallest absolute Gasteiger partial charge is 0.0726 e. The number of hydrogen-bond acceptors (Lipinski definition) is 1. The molecule has 0 saturated carbocycles. The first-order chi connectivity index (χ1) is 32.7. The maximum Gasteiger partial charge on any atom is 0.0726 e. The van der Waals surface area contributed by atoms with Crippen molar-refractivity contribution in [3.8, 4) is 44.5 Å². The molecular weight excluding hydrogens is 795 g/mol. The first-order valence-electron chi connectivity index (χ1n) is 23.0. The second kappa shape index (κ2) is 14.2. The molecule has 0 unspecified atom stereocenters. The van der Waals surface area contributed by atoms with Gasteiger partial charge in [-0.1, -0.05) is 206 Å². The van der Waals surface area contributed by atoms with Crippen LogP contribution in [-0.2, 0) is 5.41 Å². The van der Waals surface area contributed by atoms with Crippen molar-refractivity contribution in [3.05, 3.63) is 271 Å². The Bertz CT molecular complexity index is 3850. The molecule has 0 heterocycles. The van der Waals surface area contributed by atoms with Crippen molar-refractivity contribution < 1.29 is 0 Å². The number of rotatable bonds is 5. The summed E-state index contributed by atoms with van der Waals surface area (Å²) in [6.07, 6.45) is 0. The summed E-state index contributed by atoms with van der Waals surface area (Å²) in [6.45, 7) is 0. The van der Waals surface area contributed by atoms with Gasteiger partial charge in [0.2, 0.25) is 0 Å². The highest BCUT2D eigenvalue weighted by Crippen LogP contribution is 2.64. The molecule has 14 rings (SSSR count). The van der Waals surface area contributed by atoms with Gasteiger partial charge in [-0.25, -0.2) is 0 Å². The molecule has 306 valence electrons. The van der Waals surface area contributed by atoms with Gasteiger partial charge in [0.05, 0.1) is 11.1 Å². The van der Waals surface area contributed by atoms with Crippen molar-refractivity contribution in [2.75, 3.05) is 4.90 Å². The maximum atomic E-state index is 2.55. The molecule has 1 spiro atoms. The molecule has 1 nitrogen and oxygen atoms in total. The zero-order valence-electron chi connectivity index (χ0n) is 36.1. The Kier molecular flexibility index (Phi) is 7.97. The summed E-state index contributed by atoms with van der Waals surface area (Å²) < 4.78 is 0. The van der Waals surface area contributed by atoms with Gasteiger partial charge in [-0.2, -0.15) is 0 Å². The van der Waals surface area contributed by atoms with Crippen molar-refractivity contribution in [2.24, 2.45) is 0 Å². The van der Waals surface area contributed by atoms with Gasteiger partial charge in [0.1, 0.15) is 0 Å². The maximum absolute atomic E-state index is 2.55. The van der Waals surface area contributed by atoms with E-state index >= 15 is 0 Å². The predicted molar refractivity (Wildman–Crippen MR) is 278 cm³/mol. The van der Waals surface area contributed by atoms with Gasteiger partial charge >= 0.3 is 0 Å². The van der Waals surface area contributed by atoms with Crippen LogP contribution in [0.2, 0.25) is 0 Å². The molecule has 0 saturated heterocycles. The van der Waals surface area contributed by atoms with Crippen LogP contribution in [0, 0.1) is 0 Å². The van der Waals surface area contributed by atoms with Crippen molar-refractivity contribution in [1.82, 2.24) is 0 Å². The Balaban J connectivity index is 1.08. The quantitative estimate of drug-likeness (QED) is 0.156. The Morgan fingerprint density at radius 3 is 1.36 bits per heavy atom. The molecule has 0 atom stereocenters. The van der Waals surface area contributed by atoms with E-state index in [1.165, 1.54) is 110 Å². The fourth-order valence-corrected chi connectivity index (χ4v) is 11.8. The molecule has 0 aliphatic heterocycles. The fourth-order valence-electron chi connectivity index (χ4n) is 11.8. The molecule has 1 heteroatoms. The van der Waals surface area contributed by atoms with Crippen molar-refractivity contribution in [2.45, 2.75) is 5.41 Å². The Morgan fingerprint density at radius 2 is 0.727 bits per heavy atom. The molecule has 2 aliphatic rings. The third kappa shape index (κ3) is 5.23. The molecule has 12 aromatic carbocycles. The summed E-state index contributed by atoms with van der Waals surface area (Å²) in [4.78, 5) is 2.53. The third-order valence-corrected chi connectivity index (χ3v) is 14.6. The van der Waals surface area contributed by atoms with E-state index in [2.05, 4.69) is 254 Å². The number of benzene rings is 12. The van der Waals surface area contributed by atoms with Gasteiger partial charge in [-0.15, -0.1) is 0 Å². The third-order valence-electron chi connectivity index (χ3n) is 14.6. The van der Waals surface area contributed by atoms with Crippen LogP contribution < -0.4 is 4.90 Å². The lowest BCUT2D eigenvalue weighted by molar-refractivity contribution is 0.794. The van der Waals surface area contributed by atoms with E-state index in [0.29, 0.717) is 0 Å². The Morgan fingerprint density at radius 1 is 0.242 bits per heavy atom. The fraction of sp³-hybridized carbons (Fsp3) is 0.0154. The molecule has 2 aliphatic carbocycles. The Hall–Kier alpha value is -8.52. The molecule has 0 amide bonds. The summed E-state index contributed by atoms with van der Waals surface area (Å²) in [5.41, 5.74) is 18.1. The number of fused-ring (bicyclic) bond motifs is 17. The van der Waals surface area contributed by atoms with Crippen LogP contribution in [0.1, 0.15) is 22.3 Å². The van der Waals surface area contributed by atoms with Gasteiger partial charge in [-0.05, 0) is 147 Å². The summed E-state index contributed by atoms with van der Waals surface area (Å²) in [7, 11) is 0. The van der Waals surface area contributed by atoms with Crippen molar-refractivity contribution >= 4 is 60.2 Å². The average Bonchev–Trinajstić information content (AvgIpc) is 3.86. The minimum atomic E-state index is -0.493. The van der Waals surface area contributed by atoms with Gasteiger partial charge in [0, 0.05) is 16.9 Å². The van der Waals surface area contributed by atoms with Crippen LogP contribution in [0.25, 0.3) is 87.6 Å². The first kappa shape index (κ1) is 36.9. The van der Waals surface area contributed by atoms with Crippen LogP contribution in [-0.4, -0.2) is 0 Å². The second-order valence-electron chi connectivity index (χ2n) is 17.9. The topological polar surface area (TPSA) is 3.24 Å². The number of anilines is 3. The SMILES string of the molecule is c1ccc(-c2cc3c(cc2N(c2ccc(-c4ccc5ccccc5c4)cc2)c2ccc4c5ccccc5c5ccccc5c4c2)C2(c4ccccc4-c4ccccc42)c2ccccc2-3)cc1. The van der Waals surface area contributed by atoms with E-state index in [1.807, 2.05) is 0 Å². The van der Waals surface area contributed by atoms with Crippen LogP contribution >= 0.6 is 0 Å². The molecular formula is C65H41N.